The van der Waals surface area contributed by atoms with Crippen LogP contribution in [0.2, 0.25) is 0 Å². The van der Waals surface area contributed by atoms with Gasteiger partial charge in [0.15, 0.2) is 0 Å². The molecule has 58 valence electrons. The fourth-order valence-corrected chi connectivity index (χ4v) is 2.21. The topological polar surface area (TPSA) is 24.7 Å². The van der Waals surface area contributed by atoms with Crippen LogP contribution >= 0.6 is 11.8 Å². The second-order valence-electron chi connectivity index (χ2n) is 2.87. The number of aliphatic imine (C=N–C) groups is 2. The van der Waals surface area contributed by atoms with Gasteiger partial charge in [0.1, 0.15) is 0 Å². The van der Waals surface area contributed by atoms with Crippen LogP contribution in [0.1, 0.15) is 20.3 Å². The van der Waals surface area contributed by atoms with Crippen LogP contribution in [-0.4, -0.2) is 16.8 Å². The summed E-state index contributed by atoms with van der Waals surface area (Å²) in [7, 11) is 0. The predicted molar refractivity (Wildman–Crippen MR) is 50.3 cm³/mol. The summed E-state index contributed by atoms with van der Waals surface area (Å²) in [6.45, 7) is 4.11. The molecule has 0 N–H and O–H groups in total. The van der Waals surface area contributed by atoms with E-state index in [0.29, 0.717) is 6.04 Å². The van der Waals surface area contributed by atoms with Crippen LogP contribution < -0.4 is 0 Å². The number of hydrogen-bond acceptors (Lipinski definition) is 3. The molecule has 1 atom stereocenters. The second kappa shape index (κ2) is 2.48. The quantitative estimate of drug-likeness (QED) is 0.541. The smallest absolute Gasteiger partial charge is 0.0888 e. The minimum Gasteiger partial charge on any atom is -0.274 e. The normalized spacial score (nSPS) is 28.9. The summed E-state index contributed by atoms with van der Waals surface area (Å²) in [4.78, 5) is 10.1. The Morgan fingerprint density at radius 3 is 3.18 bits per heavy atom. The summed E-state index contributed by atoms with van der Waals surface area (Å²) in [6, 6.07) is 0.400. The van der Waals surface area contributed by atoms with Crippen molar-refractivity contribution in [3.05, 3.63) is 11.1 Å². The maximum atomic E-state index is 4.49. The minimum atomic E-state index is 0.400. The molecule has 0 bridgehead atoms. The molecule has 0 aliphatic carbocycles. The highest BCUT2D eigenvalue weighted by atomic mass is 32.2. The molecule has 0 aromatic rings. The van der Waals surface area contributed by atoms with Crippen molar-refractivity contribution in [2.45, 2.75) is 26.3 Å². The average molecular weight is 166 g/mol. The van der Waals surface area contributed by atoms with Crippen LogP contribution in [0.15, 0.2) is 21.1 Å². The Balaban J connectivity index is 2.27. The molecule has 0 unspecified atom stereocenters. The molecule has 0 saturated carbocycles. The van der Waals surface area contributed by atoms with Crippen LogP contribution in [-0.2, 0) is 0 Å². The van der Waals surface area contributed by atoms with Gasteiger partial charge in [-0.05, 0) is 13.8 Å². The third-order valence-corrected chi connectivity index (χ3v) is 2.85. The summed E-state index contributed by atoms with van der Waals surface area (Å²) < 4.78 is 0. The van der Waals surface area contributed by atoms with Crippen molar-refractivity contribution in [3.8, 4) is 0 Å². The van der Waals surface area contributed by atoms with E-state index in [1.807, 2.05) is 6.20 Å². The van der Waals surface area contributed by atoms with Crippen LogP contribution in [0.4, 0.5) is 0 Å². The van der Waals surface area contributed by atoms with Gasteiger partial charge in [-0.2, -0.15) is 0 Å². The third kappa shape index (κ3) is 1.25. The van der Waals surface area contributed by atoms with Crippen molar-refractivity contribution >= 4 is 22.5 Å². The SMILES string of the molecule is CC1=NC=C2SC(C)=N[C@@H]2C1. The van der Waals surface area contributed by atoms with E-state index < -0.39 is 0 Å². The van der Waals surface area contributed by atoms with Gasteiger partial charge in [0, 0.05) is 23.2 Å². The van der Waals surface area contributed by atoms with Crippen molar-refractivity contribution in [3.63, 3.8) is 0 Å². The Bertz CT molecular complexity index is 276. The molecule has 0 amide bonds. The van der Waals surface area contributed by atoms with Crippen molar-refractivity contribution in [2.24, 2.45) is 9.98 Å². The summed E-state index contributed by atoms with van der Waals surface area (Å²) in [5, 5.41) is 1.17. The standard InChI is InChI=1S/C8H10N2S/c1-5-3-7-8(4-9-5)11-6(2)10-7/h4,7H,3H2,1-2H3/t7-/m1/s1. The first kappa shape index (κ1) is 7.10. The summed E-state index contributed by atoms with van der Waals surface area (Å²) in [6.07, 6.45) is 2.96. The lowest BCUT2D eigenvalue weighted by Gasteiger charge is -2.11. The number of hydrogen-bond donors (Lipinski definition) is 0. The maximum Gasteiger partial charge on any atom is 0.0888 e. The monoisotopic (exact) mass is 166 g/mol. The van der Waals surface area contributed by atoms with E-state index in [0.717, 1.165) is 6.42 Å². The van der Waals surface area contributed by atoms with Gasteiger partial charge in [0.2, 0.25) is 0 Å². The average Bonchev–Trinajstić information content (AvgIpc) is 2.27. The van der Waals surface area contributed by atoms with E-state index in [-0.39, 0.29) is 0 Å². The fraction of sp³-hybridized carbons (Fsp3) is 0.500. The Kier molecular flexibility index (Phi) is 1.60. The fourth-order valence-electron chi connectivity index (χ4n) is 1.31. The van der Waals surface area contributed by atoms with Crippen molar-refractivity contribution < 1.29 is 0 Å². The lowest BCUT2D eigenvalue weighted by Crippen LogP contribution is -2.11. The van der Waals surface area contributed by atoms with Gasteiger partial charge in [-0.3, -0.25) is 9.98 Å². The van der Waals surface area contributed by atoms with Gasteiger partial charge in [-0.1, -0.05) is 11.8 Å². The zero-order chi connectivity index (χ0) is 7.84. The van der Waals surface area contributed by atoms with E-state index in [9.17, 15) is 0 Å². The Morgan fingerprint density at radius 2 is 2.36 bits per heavy atom. The first-order valence-electron chi connectivity index (χ1n) is 3.71. The molecule has 2 heterocycles. The first-order valence-corrected chi connectivity index (χ1v) is 4.53. The van der Waals surface area contributed by atoms with Gasteiger partial charge in [-0.25, -0.2) is 0 Å². The highest BCUT2D eigenvalue weighted by Crippen LogP contribution is 2.34. The molecule has 11 heavy (non-hydrogen) atoms. The van der Waals surface area contributed by atoms with E-state index in [4.69, 9.17) is 0 Å². The molecule has 2 nitrogen and oxygen atoms in total. The van der Waals surface area contributed by atoms with Crippen LogP contribution in [0.3, 0.4) is 0 Å². The molecule has 3 heteroatoms. The summed E-state index contributed by atoms with van der Waals surface area (Å²) >= 11 is 1.76. The molecule has 2 aliphatic rings. The summed E-state index contributed by atoms with van der Waals surface area (Å²) in [5.74, 6) is 0. The zero-order valence-electron chi connectivity index (χ0n) is 6.66. The first-order chi connectivity index (χ1) is 5.25. The van der Waals surface area contributed by atoms with Crippen molar-refractivity contribution in [2.75, 3.05) is 0 Å². The third-order valence-electron chi connectivity index (χ3n) is 1.83. The van der Waals surface area contributed by atoms with Crippen LogP contribution in [0, 0.1) is 0 Å². The Hall–Kier alpha value is -0.570. The molecule has 0 saturated heterocycles. The van der Waals surface area contributed by atoms with Gasteiger partial charge in [0.05, 0.1) is 11.1 Å². The van der Waals surface area contributed by atoms with Gasteiger partial charge in [0.25, 0.3) is 0 Å². The van der Waals surface area contributed by atoms with Crippen LogP contribution in [0.5, 0.6) is 0 Å². The second-order valence-corrected chi connectivity index (χ2v) is 4.13. The highest BCUT2D eigenvalue weighted by Gasteiger charge is 2.24. The lowest BCUT2D eigenvalue weighted by molar-refractivity contribution is 0.841. The molecule has 0 fully saturated rings. The largest absolute Gasteiger partial charge is 0.274 e. The van der Waals surface area contributed by atoms with Crippen molar-refractivity contribution in [1.82, 2.24) is 0 Å². The molecular weight excluding hydrogens is 156 g/mol. The lowest BCUT2D eigenvalue weighted by atomic mass is 10.1. The number of nitrogens with zero attached hydrogens (tertiary/aromatic N) is 2. The number of fused-ring (bicyclic) bond motifs is 1. The van der Waals surface area contributed by atoms with E-state index in [1.54, 1.807) is 11.8 Å². The molecule has 0 aromatic heterocycles. The number of rotatable bonds is 0. The molecular formula is C8H10N2S. The Morgan fingerprint density at radius 1 is 1.55 bits per heavy atom. The van der Waals surface area contributed by atoms with Crippen molar-refractivity contribution in [1.29, 1.82) is 0 Å². The maximum absolute atomic E-state index is 4.49. The molecule has 0 radical (unpaired) electrons. The molecule has 0 aromatic carbocycles. The number of thioether (sulfide) groups is 1. The van der Waals surface area contributed by atoms with E-state index in [1.165, 1.54) is 15.7 Å². The van der Waals surface area contributed by atoms with Gasteiger partial charge in [-0.15, -0.1) is 0 Å². The van der Waals surface area contributed by atoms with Gasteiger partial charge < -0.3 is 0 Å². The highest BCUT2D eigenvalue weighted by molar-refractivity contribution is 8.17. The predicted octanol–water partition coefficient (Wildman–Crippen LogP) is 2.23. The Labute approximate surface area is 70.5 Å². The zero-order valence-corrected chi connectivity index (χ0v) is 7.48. The minimum absolute atomic E-state index is 0.400. The molecule has 2 rings (SSSR count). The van der Waals surface area contributed by atoms with Crippen LogP contribution in [0.25, 0.3) is 0 Å². The van der Waals surface area contributed by atoms with Gasteiger partial charge >= 0.3 is 0 Å². The van der Waals surface area contributed by atoms with E-state index >= 15 is 0 Å². The summed E-state index contributed by atoms with van der Waals surface area (Å²) in [5.41, 5.74) is 1.19. The van der Waals surface area contributed by atoms with E-state index in [2.05, 4.69) is 23.8 Å². The molecule has 2 aliphatic heterocycles. The molecule has 0 spiro atoms.